The molecule has 0 bridgehead atoms. The molecule has 0 radical (unpaired) electrons. The zero-order valence-electron chi connectivity index (χ0n) is 13.4. The molecule has 0 saturated carbocycles. The number of halogens is 2. The lowest BCUT2D eigenvalue weighted by Gasteiger charge is -2.19. The normalized spacial score (nSPS) is 10.4. The van der Waals surface area contributed by atoms with Crippen LogP contribution in [0.5, 0.6) is 0 Å². The van der Waals surface area contributed by atoms with Crippen LogP contribution in [0.1, 0.15) is 10.4 Å². The van der Waals surface area contributed by atoms with Crippen molar-refractivity contribution < 1.29 is 13.6 Å². The summed E-state index contributed by atoms with van der Waals surface area (Å²) in [5.74, 6) is -2.44. The Morgan fingerprint density at radius 3 is 2.44 bits per heavy atom. The molecule has 126 valence electrons. The van der Waals surface area contributed by atoms with Crippen LogP contribution in [-0.2, 0) is 0 Å². The second kappa shape index (κ2) is 7.09. The minimum Gasteiger partial charge on any atom is -0.343 e. The van der Waals surface area contributed by atoms with Crippen LogP contribution < -0.4 is 10.2 Å². The van der Waals surface area contributed by atoms with E-state index in [2.05, 4.69) is 10.3 Å². The van der Waals surface area contributed by atoms with Gasteiger partial charge in [-0.1, -0.05) is 18.2 Å². The number of pyridine rings is 1. The summed E-state index contributed by atoms with van der Waals surface area (Å²) < 4.78 is 26.2. The Morgan fingerprint density at radius 1 is 0.960 bits per heavy atom. The van der Waals surface area contributed by atoms with Crippen molar-refractivity contribution >= 4 is 23.0 Å². The van der Waals surface area contributed by atoms with E-state index < -0.39 is 17.5 Å². The number of rotatable bonds is 4. The Morgan fingerprint density at radius 2 is 1.72 bits per heavy atom. The highest BCUT2D eigenvalue weighted by molar-refractivity contribution is 6.04. The average Bonchev–Trinajstić information content (AvgIpc) is 2.65. The number of nitrogens with zero attached hydrogens (tertiary/aromatic N) is 2. The van der Waals surface area contributed by atoms with E-state index in [4.69, 9.17) is 0 Å². The van der Waals surface area contributed by atoms with Gasteiger partial charge >= 0.3 is 0 Å². The van der Waals surface area contributed by atoms with Crippen LogP contribution in [0.2, 0.25) is 0 Å². The molecule has 25 heavy (non-hydrogen) atoms. The first-order chi connectivity index (χ1) is 12.0. The first kappa shape index (κ1) is 16.6. The molecule has 3 rings (SSSR count). The molecular weight excluding hydrogens is 324 g/mol. The minimum absolute atomic E-state index is 0.172. The fraction of sp³-hybridized carbons (Fsp3) is 0.0526. The molecule has 3 aromatic rings. The van der Waals surface area contributed by atoms with Crippen molar-refractivity contribution in [2.75, 3.05) is 17.3 Å². The molecule has 0 aliphatic carbocycles. The number of para-hydroxylation sites is 1. The predicted molar refractivity (Wildman–Crippen MR) is 93.1 cm³/mol. The Bertz CT molecular complexity index is 900. The van der Waals surface area contributed by atoms with E-state index in [1.807, 2.05) is 42.3 Å². The number of nitrogens with one attached hydrogen (secondary N) is 1. The summed E-state index contributed by atoms with van der Waals surface area (Å²) in [4.78, 5) is 18.3. The van der Waals surface area contributed by atoms with Gasteiger partial charge in [-0.15, -0.1) is 0 Å². The quantitative estimate of drug-likeness (QED) is 0.767. The van der Waals surface area contributed by atoms with Gasteiger partial charge in [-0.3, -0.25) is 9.78 Å². The van der Waals surface area contributed by atoms with Crippen LogP contribution in [0.3, 0.4) is 0 Å². The van der Waals surface area contributed by atoms with Gasteiger partial charge in [-0.05, 0) is 30.3 Å². The highest BCUT2D eigenvalue weighted by atomic mass is 19.2. The zero-order valence-corrected chi connectivity index (χ0v) is 13.4. The molecule has 0 aliphatic rings. The standard InChI is InChI=1S/C19H15F2N3O/c1-24(15-5-3-2-4-6-15)16-9-13(11-22-12-16)19(25)23-14-7-8-17(20)18(21)10-14/h2-12H,1H3,(H,23,25). The van der Waals surface area contributed by atoms with Gasteiger partial charge in [0.25, 0.3) is 5.91 Å². The molecule has 0 fully saturated rings. The Kier molecular flexibility index (Phi) is 4.70. The summed E-state index contributed by atoms with van der Waals surface area (Å²) in [6, 6.07) is 14.5. The van der Waals surface area contributed by atoms with E-state index in [-0.39, 0.29) is 5.69 Å². The van der Waals surface area contributed by atoms with Gasteiger partial charge in [0.15, 0.2) is 11.6 Å². The minimum atomic E-state index is -1.02. The van der Waals surface area contributed by atoms with E-state index in [0.29, 0.717) is 5.56 Å². The van der Waals surface area contributed by atoms with Crippen molar-refractivity contribution in [2.45, 2.75) is 0 Å². The average molecular weight is 339 g/mol. The third-order valence-electron chi connectivity index (χ3n) is 3.69. The fourth-order valence-corrected chi connectivity index (χ4v) is 2.31. The summed E-state index contributed by atoms with van der Waals surface area (Å²) >= 11 is 0. The lowest BCUT2D eigenvalue weighted by molar-refractivity contribution is 0.102. The van der Waals surface area contributed by atoms with Crippen LogP contribution in [0.25, 0.3) is 0 Å². The van der Waals surface area contributed by atoms with Crippen LogP contribution in [0.4, 0.5) is 25.8 Å². The molecule has 1 N–H and O–H groups in total. The summed E-state index contributed by atoms with van der Waals surface area (Å²) in [7, 11) is 1.86. The molecule has 0 atom stereocenters. The third kappa shape index (κ3) is 3.80. The summed E-state index contributed by atoms with van der Waals surface area (Å²) in [5.41, 5.74) is 2.15. The number of anilines is 3. The number of aromatic nitrogens is 1. The zero-order chi connectivity index (χ0) is 17.8. The molecule has 1 amide bonds. The van der Waals surface area contributed by atoms with E-state index in [9.17, 15) is 13.6 Å². The second-order valence-corrected chi connectivity index (χ2v) is 5.41. The highest BCUT2D eigenvalue weighted by Gasteiger charge is 2.11. The molecule has 0 aliphatic heterocycles. The van der Waals surface area contributed by atoms with Crippen molar-refractivity contribution in [3.63, 3.8) is 0 Å². The van der Waals surface area contributed by atoms with Gasteiger partial charge in [0, 0.05) is 30.7 Å². The van der Waals surface area contributed by atoms with Gasteiger partial charge in [0.2, 0.25) is 0 Å². The number of hydrogen-bond donors (Lipinski definition) is 1. The molecule has 2 aromatic carbocycles. The molecule has 1 heterocycles. The summed E-state index contributed by atoms with van der Waals surface area (Å²) in [6.07, 6.45) is 3.05. The van der Waals surface area contributed by atoms with Crippen LogP contribution >= 0.6 is 0 Å². The van der Waals surface area contributed by atoms with Gasteiger partial charge in [-0.2, -0.15) is 0 Å². The van der Waals surface area contributed by atoms with E-state index in [0.717, 1.165) is 23.5 Å². The Labute approximate surface area is 143 Å². The first-order valence-electron chi connectivity index (χ1n) is 7.55. The maximum atomic E-state index is 13.2. The Balaban J connectivity index is 1.81. The number of hydrogen-bond acceptors (Lipinski definition) is 3. The molecule has 0 unspecified atom stereocenters. The molecule has 6 heteroatoms. The monoisotopic (exact) mass is 339 g/mol. The molecular formula is C19H15F2N3O. The second-order valence-electron chi connectivity index (χ2n) is 5.41. The third-order valence-corrected chi connectivity index (χ3v) is 3.69. The van der Waals surface area contributed by atoms with Crippen LogP contribution in [-0.4, -0.2) is 17.9 Å². The summed E-state index contributed by atoms with van der Waals surface area (Å²) in [6.45, 7) is 0. The van der Waals surface area contributed by atoms with Gasteiger partial charge in [0.05, 0.1) is 17.4 Å². The van der Waals surface area contributed by atoms with E-state index in [1.54, 1.807) is 12.3 Å². The molecule has 1 aromatic heterocycles. The maximum Gasteiger partial charge on any atom is 0.257 e. The van der Waals surface area contributed by atoms with Crippen LogP contribution in [0.15, 0.2) is 67.0 Å². The molecule has 4 nitrogen and oxygen atoms in total. The number of carbonyl (C=O) groups is 1. The van der Waals surface area contributed by atoms with E-state index in [1.165, 1.54) is 12.3 Å². The van der Waals surface area contributed by atoms with Crippen molar-refractivity contribution in [3.8, 4) is 0 Å². The highest BCUT2D eigenvalue weighted by Crippen LogP contribution is 2.23. The van der Waals surface area contributed by atoms with Gasteiger partial charge in [0.1, 0.15) is 0 Å². The number of benzene rings is 2. The number of amides is 1. The first-order valence-corrected chi connectivity index (χ1v) is 7.55. The van der Waals surface area contributed by atoms with Crippen molar-refractivity contribution in [1.82, 2.24) is 4.98 Å². The Hall–Kier alpha value is -3.28. The lowest BCUT2D eigenvalue weighted by atomic mass is 10.2. The largest absolute Gasteiger partial charge is 0.343 e. The van der Waals surface area contributed by atoms with E-state index >= 15 is 0 Å². The fourth-order valence-electron chi connectivity index (χ4n) is 2.31. The SMILES string of the molecule is CN(c1ccccc1)c1cncc(C(=O)Nc2ccc(F)c(F)c2)c1. The van der Waals surface area contributed by atoms with Gasteiger partial charge < -0.3 is 10.2 Å². The topological polar surface area (TPSA) is 45.2 Å². The maximum absolute atomic E-state index is 13.2. The predicted octanol–water partition coefficient (Wildman–Crippen LogP) is 4.38. The lowest BCUT2D eigenvalue weighted by Crippen LogP contribution is -2.15. The number of carbonyl (C=O) groups excluding carboxylic acids is 1. The van der Waals surface area contributed by atoms with Crippen molar-refractivity contribution in [1.29, 1.82) is 0 Å². The van der Waals surface area contributed by atoms with Crippen LogP contribution in [0, 0.1) is 11.6 Å². The van der Waals surface area contributed by atoms with Crippen molar-refractivity contribution in [2.24, 2.45) is 0 Å². The summed E-state index contributed by atoms with van der Waals surface area (Å²) in [5, 5.41) is 2.53. The van der Waals surface area contributed by atoms with Crippen molar-refractivity contribution in [3.05, 3.63) is 84.2 Å². The molecule has 0 saturated heterocycles. The smallest absolute Gasteiger partial charge is 0.257 e. The van der Waals surface area contributed by atoms with Gasteiger partial charge in [-0.25, -0.2) is 8.78 Å². The molecule has 0 spiro atoms.